The van der Waals surface area contributed by atoms with Crippen LogP contribution in [0.15, 0.2) is 36.4 Å². The molecule has 228 valence electrons. The minimum atomic E-state index is -1.21. The summed E-state index contributed by atoms with van der Waals surface area (Å²) in [6.07, 6.45) is 1.21. The van der Waals surface area contributed by atoms with Crippen LogP contribution in [0.25, 0.3) is 0 Å². The molecule has 42 heavy (non-hydrogen) atoms. The number of esters is 1. The van der Waals surface area contributed by atoms with Crippen molar-refractivity contribution in [3.63, 3.8) is 0 Å². The number of nitrogens with one attached hydrogen (secondary N) is 2. The lowest BCUT2D eigenvalue weighted by molar-refractivity contribution is -0.147. The lowest BCUT2D eigenvalue weighted by Gasteiger charge is -2.36. The van der Waals surface area contributed by atoms with Crippen molar-refractivity contribution in [3.8, 4) is 0 Å². The summed E-state index contributed by atoms with van der Waals surface area (Å²) in [5, 5.41) is 17.5. The van der Waals surface area contributed by atoms with Gasteiger partial charge in [-0.15, -0.1) is 0 Å². The molecular weight excluding hydrogens is 548 g/mol. The summed E-state index contributed by atoms with van der Waals surface area (Å²) in [4.78, 5) is 40.9. The third kappa shape index (κ3) is 7.70. The Labute approximate surface area is 244 Å². The first kappa shape index (κ1) is 31.5. The minimum absolute atomic E-state index is 0.0386. The molecule has 9 nitrogen and oxygen atoms in total. The largest absolute Gasteiger partial charge is 0.469 e. The van der Waals surface area contributed by atoms with Crippen LogP contribution < -0.4 is 10.6 Å². The van der Waals surface area contributed by atoms with Crippen LogP contribution in [0, 0.1) is 24.5 Å². The first-order valence-electron chi connectivity index (χ1n) is 14.3. The van der Waals surface area contributed by atoms with E-state index in [1.54, 1.807) is 31.1 Å². The van der Waals surface area contributed by atoms with Gasteiger partial charge in [-0.1, -0.05) is 0 Å². The molecule has 0 radical (unpaired) electrons. The fraction of sp³-hybridized carbons (Fsp3) is 0.516. The van der Waals surface area contributed by atoms with Crippen molar-refractivity contribution < 1.29 is 37.7 Å². The van der Waals surface area contributed by atoms with Gasteiger partial charge in [-0.2, -0.15) is 0 Å². The number of piperidine rings is 1. The van der Waals surface area contributed by atoms with Gasteiger partial charge in [0.15, 0.2) is 0 Å². The Morgan fingerprint density at radius 1 is 1.07 bits per heavy atom. The quantitative estimate of drug-likeness (QED) is 0.366. The number of halogens is 2. The second kappa shape index (κ2) is 14.2. The molecule has 4 rings (SSSR count). The Bertz CT molecular complexity index is 1270. The molecule has 0 aromatic heterocycles. The Balaban J connectivity index is 1.58. The number of hydrogen-bond donors (Lipinski definition) is 3. The number of aliphatic hydroxyl groups is 1. The maximum atomic E-state index is 14.0. The van der Waals surface area contributed by atoms with E-state index in [9.17, 15) is 28.3 Å². The van der Waals surface area contributed by atoms with Crippen molar-refractivity contribution >= 4 is 17.8 Å². The maximum absolute atomic E-state index is 14.0. The number of amides is 2. The monoisotopic (exact) mass is 587 g/mol. The molecule has 3 N–H and O–H groups in total. The van der Waals surface area contributed by atoms with Gasteiger partial charge in [0.2, 0.25) is 0 Å². The normalized spacial score (nSPS) is 22.0. The van der Waals surface area contributed by atoms with Crippen molar-refractivity contribution in [2.75, 3.05) is 33.9 Å². The molecule has 2 aliphatic rings. The Kier molecular flexibility index (Phi) is 10.6. The molecule has 2 aromatic rings. The van der Waals surface area contributed by atoms with Gasteiger partial charge in [0.1, 0.15) is 11.6 Å². The van der Waals surface area contributed by atoms with Crippen LogP contribution in [0.5, 0.6) is 0 Å². The fourth-order valence-electron chi connectivity index (χ4n) is 6.04. The molecule has 5 atom stereocenters. The van der Waals surface area contributed by atoms with Gasteiger partial charge in [-0.05, 0) is 87.0 Å². The molecule has 2 saturated heterocycles. The predicted molar refractivity (Wildman–Crippen MR) is 151 cm³/mol. The number of benzene rings is 2. The molecule has 2 fully saturated rings. The summed E-state index contributed by atoms with van der Waals surface area (Å²) in [5.74, 6) is -3.12. The molecule has 11 heteroatoms. The number of aliphatic hydroxyl groups excluding tert-OH is 1. The average molecular weight is 588 g/mol. The first-order valence-corrected chi connectivity index (χ1v) is 14.3. The van der Waals surface area contributed by atoms with Crippen LogP contribution in [-0.4, -0.2) is 85.9 Å². The highest BCUT2D eigenvalue weighted by Crippen LogP contribution is 2.24. The Morgan fingerprint density at radius 2 is 1.79 bits per heavy atom. The minimum Gasteiger partial charge on any atom is -0.469 e. The molecule has 2 aromatic carbocycles. The second-order valence-corrected chi connectivity index (χ2v) is 11.2. The van der Waals surface area contributed by atoms with E-state index in [2.05, 4.69) is 10.6 Å². The number of carbonyl (C=O) groups is 3. The molecule has 0 aliphatic carbocycles. The number of aryl methyl sites for hydroxylation is 1. The van der Waals surface area contributed by atoms with Crippen LogP contribution in [0.2, 0.25) is 0 Å². The van der Waals surface area contributed by atoms with Gasteiger partial charge in [0.05, 0.1) is 37.8 Å². The number of likely N-dealkylation sites (tertiary alicyclic amines) is 1. The zero-order chi connectivity index (χ0) is 30.4. The summed E-state index contributed by atoms with van der Waals surface area (Å²) >= 11 is 0. The number of methoxy groups -OCH3 is 2. The standard InChI is InChI=1S/C31H39F2N3O6/c1-18-9-21(14-22(10-18)30(39)36-8-4-5-25(36)17-41-2)29(38)35-27(13-19-11-23(32)16-24(33)12-19)28(37)26-15-20(6-7-34-26)31(40)42-3/h9-12,14,16,20,25-28,34,37H,4-8,13,15,17H2,1-3H3,(H,35,38). The molecule has 2 aliphatic heterocycles. The zero-order valence-corrected chi connectivity index (χ0v) is 24.2. The summed E-state index contributed by atoms with van der Waals surface area (Å²) in [6.45, 7) is 3.25. The number of ether oxygens (including phenoxy) is 2. The van der Waals surface area contributed by atoms with Gasteiger partial charge >= 0.3 is 5.97 Å². The van der Waals surface area contributed by atoms with Crippen molar-refractivity contribution in [1.29, 1.82) is 0 Å². The number of nitrogens with zero attached hydrogens (tertiary/aromatic N) is 1. The van der Waals surface area contributed by atoms with E-state index in [0.717, 1.165) is 31.0 Å². The molecule has 0 saturated carbocycles. The molecule has 2 amide bonds. The van der Waals surface area contributed by atoms with E-state index in [0.29, 0.717) is 37.2 Å². The van der Waals surface area contributed by atoms with Crippen molar-refractivity contribution in [2.24, 2.45) is 5.92 Å². The van der Waals surface area contributed by atoms with Crippen LogP contribution in [0.1, 0.15) is 57.5 Å². The summed E-state index contributed by atoms with van der Waals surface area (Å²) in [7, 11) is 2.90. The van der Waals surface area contributed by atoms with Crippen molar-refractivity contribution in [2.45, 2.75) is 63.3 Å². The molecular formula is C31H39F2N3O6. The maximum Gasteiger partial charge on any atom is 0.308 e. The van der Waals surface area contributed by atoms with Gasteiger partial charge in [0.25, 0.3) is 11.8 Å². The summed E-state index contributed by atoms with van der Waals surface area (Å²) < 4.78 is 38.2. The number of carbonyl (C=O) groups excluding carboxylic acids is 3. The molecule has 2 heterocycles. The zero-order valence-electron chi connectivity index (χ0n) is 24.2. The third-order valence-electron chi connectivity index (χ3n) is 8.07. The highest BCUT2D eigenvalue weighted by molar-refractivity contribution is 6.00. The summed E-state index contributed by atoms with van der Waals surface area (Å²) in [6, 6.07) is 6.33. The highest BCUT2D eigenvalue weighted by atomic mass is 19.1. The van der Waals surface area contributed by atoms with Gasteiger partial charge in [0, 0.05) is 36.9 Å². The van der Waals surface area contributed by atoms with Crippen LogP contribution in [0.3, 0.4) is 0 Å². The van der Waals surface area contributed by atoms with Crippen molar-refractivity contribution in [3.05, 3.63) is 70.3 Å². The number of hydrogen-bond acceptors (Lipinski definition) is 7. The van der Waals surface area contributed by atoms with E-state index < -0.39 is 41.6 Å². The predicted octanol–water partition coefficient (Wildman–Crippen LogP) is 2.77. The molecule has 5 unspecified atom stereocenters. The van der Waals surface area contributed by atoms with Crippen molar-refractivity contribution in [1.82, 2.24) is 15.5 Å². The smallest absolute Gasteiger partial charge is 0.308 e. The third-order valence-corrected chi connectivity index (χ3v) is 8.07. The average Bonchev–Trinajstić information content (AvgIpc) is 3.43. The summed E-state index contributed by atoms with van der Waals surface area (Å²) in [5.41, 5.74) is 1.53. The van der Waals surface area contributed by atoms with E-state index in [-0.39, 0.29) is 41.9 Å². The molecule has 0 spiro atoms. The Morgan fingerprint density at radius 3 is 2.48 bits per heavy atom. The number of rotatable bonds is 10. The fourth-order valence-corrected chi connectivity index (χ4v) is 6.04. The van der Waals surface area contributed by atoms with E-state index >= 15 is 0 Å². The molecule has 0 bridgehead atoms. The van der Waals surface area contributed by atoms with E-state index in [1.165, 1.54) is 13.2 Å². The topological polar surface area (TPSA) is 117 Å². The van der Waals surface area contributed by atoms with Gasteiger partial charge < -0.3 is 30.1 Å². The Hall–Kier alpha value is -3.41. The lowest BCUT2D eigenvalue weighted by Crippen LogP contribution is -2.56. The van der Waals surface area contributed by atoms with E-state index in [1.807, 2.05) is 0 Å². The first-order chi connectivity index (χ1) is 20.1. The highest BCUT2D eigenvalue weighted by Gasteiger charge is 2.36. The van der Waals surface area contributed by atoms with Crippen LogP contribution >= 0.6 is 0 Å². The second-order valence-electron chi connectivity index (χ2n) is 11.2. The van der Waals surface area contributed by atoms with Gasteiger partial charge in [-0.25, -0.2) is 8.78 Å². The van der Waals surface area contributed by atoms with Gasteiger partial charge in [-0.3, -0.25) is 14.4 Å². The van der Waals surface area contributed by atoms with Crippen LogP contribution in [-0.2, 0) is 20.7 Å². The van der Waals surface area contributed by atoms with E-state index in [4.69, 9.17) is 9.47 Å². The lowest BCUT2D eigenvalue weighted by atomic mass is 9.86. The van der Waals surface area contributed by atoms with Crippen LogP contribution in [0.4, 0.5) is 8.78 Å². The SMILES string of the molecule is COCC1CCCN1C(=O)c1cc(C)cc(C(=O)NC(Cc2cc(F)cc(F)c2)C(O)C2CC(C(=O)OC)CCN2)c1.